The van der Waals surface area contributed by atoms with Crippen molar-refractivity contribution in [3.8, 4) is 5.69 Å². The Balaban J connectivity index is 1.88. The lowest BCUT2D eigenvalue weighted by atomic mass is 10.2. The van der Waals surface area contributed by atoms with E-state index in [1.165, 1.54) is 4.90 Å². The molecule has 2 heterocycles. The summed E-state index contributed by atoms with van der Waals surface area (Å²) in [6, 6.07) is 9.24. The second-order valence-corrected chi connectivity index (χ2v) is 4.16. The van der Waals surface area contributed by atoms with Gasteiger partial charge in [-0.05, 0) is 30.3 Å². The van der Waals surface area contributed by atoms with Gasteiger partial charge in [-0.1, -0.05) is 0 Å². The maximum absolute atomic E-state index is 11.6. The zero-order valence-electron chi connectivity index (χ0n) is 9.61. The second-order valence-electron chi connectivity index (χ2n) is 4.16. The monoisotopic (exact) mass is 241 g/mol. The number of hydrogen-bond donors (Lipinski definition) is 0. The van der Waals surface area contributed by atoms with Gasteiger partial charge in [0.25, 0.3) is 0 Å². The van der Waals surface area contributed by atoms with Gasteiger partial charge < -0.3 is 4.90 Å². The summed E-state index contributed by atoms with van der Waals surface area (Å²) in [7, 11) is 0. The maximum atomic E-state index is 11.6. The van der Waals surface area contributed by atoms with Crippen molar-refractivity contribution < 1.29 is 9.59 Å². The Morgan fingerprint density at radius 3 is 2.33 bits per heavy atom. The predicted molar refractivity (Wildman–Crippen MR) is 65.5 cm³/mol. The first-order valence-corrected chi connectivity index (χ1v) is 5.66. The number of hydrogen-bond acceptors (Lipinski definition) is 3. The van der Waals surface area contributed by atoms with Crippen LogP contribution in [0.25, 0.3) is 5.69 Å². The topological polar surface area (TPSA) is 55.2 Å². The van der Waals surface area contributed by atoms with Crippen LogP contribution in [0.1, 0.15) is 6.42 Å². The Hall–Kier alpha value is -2.43. The van der Waals surface area contributed by atoms with Gasteiger partial charge in [0.1, 0.15) is 0 Å². The normalized spacial score (nSPS) is 15.4. The average molecular weight is 241 g/mol. The molecule has 5 nitrogen and oxygen atoms in total. The van der Waals surface area contributed by atoms with Crippen LogP contribution in [0.15, 0.2) is 42.7 Å². The van der Waals surface area contributed by atoms with Gasteiger partial charge in [0, 0.05) is 18.1 Å². The quantitative estimate of drug-likeness (QED) is 0.742. The molecule has 5 heteroatoms. The van der Waals surface area contributed by atoms with Crippen molar-refractivity contribution in [2.45, 2.75) is 6.42 Å². The third-order valence-electron chi connectivity index (χ3n) is 2.91. The Morgan fingerprint density at radius 1 is 1.06 bits per heavy atom. The number of rotatable bonds is 2. The summed E-state index contributed by atoms with van der Waals surface area (Å²) in [6.07, 6.45) is 3.57. The van der Waals surface area contributed by atoms with E-state index in [9.17, 15) is 9.59 Å². The van der Waals surface area contributed by atoms with Gasteiger partial charge in [0.15, 0.2) is 5.78 Å². The molecule has 0 spiro atoms. The van der Waals surface area contributed by atoms with Crippen LogP contribution < -0.4 is 4.90 Å². The van der Waals surface area contributed by atoms with Gasteiger partial charge in [-0.2, -0.15) is 5.10 Å². The lowest BCUT2D eigenvalue weighted by Crippen LogP contribution is -2.24. The number of ketones is 1. The number of Topliss-reactive ketones (excluding diaryl/α,β-unsaturated/α-hetero) is 1. The lowest BCUT2D eigenvalue weighted by molar-refractivity contribution is -0.121. The van der Waals surface area contributed by atoms with Crippen LogP contribution >= 0.6 is 0 Å². The van der Waals surface area contributed by atoms with E-state index in [2.05, 4.69) is 5.10 Å². The van der Waals surface area contributed by atoms with E-state index in [-0.39, 0.29) is 24.7 Å². The largest absolute Gasteiger partial charge is 0.305 e. The van der Waals surface area contributed by atoms with E-state index < -0.39 is 0 Å². The Morgan fingerprint density at radius 2 is 1.78 bits per heavy atom. The zero-order valence-corrected chi connectivity index (χ0v) is 9.61. The fraction of sp³-hybridized carbons (Fsp3) is 0.154. The number of benzene rings is 1. The summed E-state index contributed by atoms with van der Waals surface area (Å²) < 4.78 is 1.74. The van der Waals surface area contributed by atoms with Crippen molar-refractivity contribution in [3.05, 3.63) is 42.7 Å². The third kappa shape index (κ3) is 1.79. The molecule has 0 N–H and O–H groups in total. The summed E-state index contributed by atoms with van der Waals surface area (Å²) in [6.45, 7) is 0.181. The van der Waals surface area contributed by atoms with E-state index in [1.807, 2.05) is 36.5 Å². The number of aromatic nitrogens is 2. The molecule has 1 aliphatic heterocycles. The van der Waals surface area contributed by atoms with E-state index in [1.54, 1.807) is 10.9 Å². The van der Waals surface area contributed by atoms with Gasteiger partial charge in [0.2, 0.25) is 5.91 Å². The highest BCUT2D eigenvalue weighted by atomic mass is 16.2. The Kier molecular flexibility index (Phi) is 2.44. The van der Waals surface area contributed by atoms with Crippen LogP contribution in [0.2, 0.25) is 0 Å². The summed E-state index contributed by atoms with van der Waals surface area (Å²) in [5.41, 5.74) is 1.67. The molecule has 1 aromatic carbocycles. The van der Waals surface area contributed by atoms with E-state index in [0.717, 1.165) is 11.4 Å². The highest BCUT2D eigenvalue weighted by Gasteiger charge is 2.28. The van der Waals surface area contributed by atoms with Crippen LogP contribution in [0.5, 0.6) is 0 Å². The summed E-state index contributed by atoms with van der Waals surface area (Å²) >= 11 is 0. The molecule has 1 aromatic heterocycles. The van der Waals surface area contributed by atoms with Gasteiger partial charge in [0.05, 0.1) is 18.7 Å². The van der Waals surface area contributed by atoms with Crippen LogP contribution in [-0.4, -0.2) is 28.0 Å². The molecule has 90 valence electrons. The Labute approximate surface area is 104 Å². The fourth-order valence-electron chi connectivity index (χ4n) is 2.03. The molecule has 0 bridgehead atoms. The van der Waals surface area contributed by atoms with Crippen molar-refractivity contribution >= 4 is 17.4 Å². The van der Waals surface area contributed by atoms with Crippen molar-refractivity contribution in [1.29, 1.82) is 0 Å². The Bertz CT molecular complexity index is 587. The standard InChI is InChI=1S/C13H11N3O2/c17-12-8-13(18)15(9-12)10-2-4-11(5-3-10)16-7-1-6-14-16/h1-7H,8-9H2. The first-order valence-electron chi connectivity index (χ1n) is 5.66. The second kappa shape index (κ2) is 4.10. The number of nitrogens with zero attached hydrogens (tertiary/aromatic N) is 3. The average Bonchev–Trinajstić information content (AvgIpc) is 2.99. The molecule has 1 fully saturated rings. The highest BCUT2D eigenvalue weighted by Crippen LogP contribution is 2.21. The van der Waals surface area contributed by atoms with Crippen molar-refractivity contribution in [2.75, 3.05) is 11.4 Å². The molecule has 2 aromatic rings. The van der Waals surface area contributed by atoms with E-state index >= 15 is 0 Å². The van der Waals surface area contributed by atoms with Gasteiger partial charge in [-0.25, -0.2) is 4.68 Å². The molecular weight excluding hydrogens is 230 g/mol. The summed E-state index contributed by atoms with van der Waals surface area (Å²) in [4.78, 5) is 24.3. The van der Waals surface area contributed by atoms with Crippen molar-refractivity contribution in [2.24, 2.45) is 0 Å². The number of carbonyl (C=O) groups is 2. The zero-order chi connectivity index (χ0) is 12.5. The fourth-order valence-corrected chi connectivity index (χ4v) is 2.03. The maximum Gasteiger partial charge on any atom is 0.234 e. The molecule has 18 heavy (non-hydrogen) atoms. The number of amides is 1. The van der Waals surface area contributed by atoms with Crippen molar-refractivity contribution in [3.63, 3.8) is 0 Å². The van der Waals surface area contributed by atoms with Gasteiger partial charge in [-0.3, -0.25) is 9.59 Å². The van der Waals surface area contributed by atoms with Crippen LogP contribution in [0.3, 0.4) is 0 Å². The van der Waals surface area contributed by atoms with Crippen molar-refractivity contribution in [1.82, 2.24) is 9.78 Å². The SMILES string of the molecule is O=C1CC(=O)N(c2ccc(-n3cccn3)cc2)C1. The summed E-state index contributed by atoms with van der Waals surface area (Å²) in [5, 5.41) is 4.12. The lowest BCUT2D eigenvalue weighted by Gasteiger charge is -2.14. The van der Waals surface area contributed by atoms with Crippen LogP contribution in [-0.2, 0) is 9.59 Å². The minimum atomic E-state index is -0.133. The molecule has 1 saturated heterocycles. The predicted octanol–water partition coefficient (Wildman–Crippen LogP) is 1.18. The van der Waals surface area contributed by atoms with E-state index in [4.69, 9.17) is 0 Å². The summed E-state index contributed by atoms with van der Waals surface area (Å²) in [5.74, 6) is -0.164. The molecule has 0 saturated carbocycles. The molecule has 0 atom stereocenters. The molecule has 0 radical (unpaired) electrons. The minimum Gasteiger partial charge on any atom is -0.305 e. The minimum absolute atomic E-state index is 0.0148. The third-order valence-corrected chi connectivity index (χ3v) is 2.91. The molecule has 1 aliphatic rings. The van der Waals surface area contributed by atoms with Crippen LogP contribution in [0, 0.1) is 0 Å². The molecular formula is C13H11N3O2. The molecule has 3 rings (SSSR count). The van der Waals surface area contributed by atoms with Crippen LogP contribution in [0.4, 0.5) is 5.69 Å². The number of anilines is 1. The first-order chi connectivity index (χ1) is 8.74. The number of carbonyl (C=O) groups excluding carboxylic acids is 2. The van der Waals surface area contributed by atoms with Gasteiger partial charge >= 0.3 is 0 Å². The van der Waals surface area contributed by atoms with Gasteiger partial charge in [-0.15, -0.1) is 0 Å². The molecule has 0 unspecified atom stereocenters. The first kappa shape index (κ1) is 10.7. The molecule has 0 aliphatic carbocycles. The molecule has 1 amide bonds. The smallest absolute Gasteiger partial charge is 0.234 e. The highest BCUT2D eigenvalue weighted by molar-refractivity contribution is 6.15. The van der Waals surface area contributed by atoms with E-state index in [0.29, 0.717) is 0 Å².